The van der Waals surface area contributed by atoms with E-state index in [1.165, 1.54) is 17.9 Å². The van der Waals surface area contributed by atoms with Crippen LogP contribution >= 0.6 is 0 Å². The maximum Gasteiger partial charge on any atom is 0.338 e. The SMILES string of the molecule is COc1cc([C@H]2C(C(=O)OCc3ccccc3)=C(C)Nc3nnnn32)ccc1O. The van der Waals surface area contributed by atoms with Crippen LogP contribution in [0.5, 0.6) is 11.5 Å². The summed E-state index contributed by atoms with van der Waals surface area (Å²) in [6.45, 7) is 1.91. The van der Waals surface area contributed by atoms with Gasteiger partial charge in [-0.05, 0) is 40.6 Å². The molecule has 1 atom stereocenters. The van der Waals surface area contributed by atoms with Crippen molar-refractivity contribution < 1.29 is 19.4 Å². The summed E-state index contributed by atoms with van der Waals surface area (Å²) in [5.74, 6) is 0.192. The lowest BCUT2D eigenvalue weighted by atomic mass is 9.95. The Bertz CT molecular complexity index is 1080. The van der Waals surface area contributed by atoms with Crippen LogP contribution in [0.3, 0.4) is 0 Å². The van der Waals surface area contributed by atoms with Crippen LogP contribution in [0.1, 0.15) is 24.1 Å². The quantitative estimate of drug-likeness (QED) is 0.636. The van der Waals surface area contributed by atoms with Gasteiger partial charge in [0, 0.05) is 5.70 Å². The molecule has 1 aliphatic heterocycles. The third kappa shape index (κ3) is 3.49. The molecular formula is C20H19N5O4. The second-order valence-corrected chi connectivity index (χ2v) is 6.51. The van der Waals surface area contributed by atoms with Crippen molar-refractivity contribution in [1.82, 2.24) is 20.2 Å². The topological polar surface area (TPSA) is 111 Å². The Morgan fingerprint density at radius 1 is 1.24 bits per heavy atom. The third-order valence-electron chi connectivity index (χ3n) is 4.67. The molecule has 148 valence electrons. The summed E-state index contributed by atoms with van der Waals surface area (Å²) < 4.78 is 12.3. The van der Waals surface area contributed by atoms with Gasteiger partial charge in [-0.2, -0.15) is 4.68 Å². The number of nitrogens with one attached hydrogen (secondary N) is 1. The van der Waals surface area contributed by atoms with Gasteiger partial charge in [0.1, 0.15) is 12.6 Å². The van der Waals surface area contributed by atoms with E-state index in [4.69, 9.17) is 9.47 Å². The molecule has 9 heteroatoms. The minimum Gasteiger partial charge on any atom is -0.504 e. The number of tetrazole rings is 1. The smallest absolute Gasteiger partial charge is 0.338 e. The molecule has 2 aromatic carbocycles. The number of fused-ring (bicyclic) bond motifs is 1. The van der Waals surface area contributed by atoms with Crippen molar-refractivity contribution in [2.24, 2.45) is 0 Å². The van der Waals surface area contributed by atoms with Crippen molar-refractivity contribution in [3.63, 3.8) is 0 Å². The summed E-state index contributed by atoms with van der Waals surface area (Å²) in [7, 11) is 1.46. The predicted octanol–water partition coefficient (Wildman–Crippen LogP) is 2.42. The molecule has 0 bridgehead atoms. The fourth-order valence-electron chi connectivity index (χ4n) is 3.25. The van der Waals surface area contributed by atoms with Crippen LogP contribution in [-0.2, 0) is 16.1 Å². The molecule has 0 radical (unpaired) electrons. The van der Waals surface area contributed by atoms with Gasteiger partial charge in [0.25, 0.3) is 0 Å². The zero-order valence-electron chi connectivity index (χ0n) is 15.9. The van der Waals surface area contributed by atoms with E-state index in [-0.39, 0.29) is 18.1 Å². The highest BCUT2D eigenvalue weighted by Gasteiger charge is 2.35. The Hall–Kier alpha value is -3.88. The number of phenols is 1. The van der Waals surface area contributed by atoms with E-state index in [2.05, 4.69) is 20.8 Å². The van der Waals surface area contributed by atoms with Crippen molar-refractivity contribution in [3.05, 3.63) is 70.9 Å². The van der Waals surface area contributed by atoms with Gasteiger partial charge >= 0.3 is 5.97 Å². The number of carbonyl (C=O) groups excluding carboxylic acids is 1. The lowest BCUT2D eigenvalue weighted by Crippen LogP contribution is -2.29. The summed E-state index contributed by atoms with van der Waals surface area (Å²) in [6, 6.07) is 13.6. The molecule has 0 saturated carbocycles. The molecular weight excluding hydrogens is 374 g/mol. The highest BCUT2D eigenvalue weighted by atomic mass is 16.5. The van der Waals surface area contributed by atoms with Gasteiger partial charge < -0.3 is 19.9 Å². The van der Waals surface area contributed by atoms with Gasteiger partial charge in [-0.25, -0.2) is 4.79 Å². The van der Waals surface area contributed by atoms with Gasteiger partial charge in [0.2, 0.25) is 5.95 Å². The first-order valence-corrected chi connectivity index (χ1v) is 8.92. The standard InChI is InChI=1S/C20H19N5O4/c1-12-17(19(27)29-11-13-6-4-3-5-7-13)18(25-20(21-12)22-23-24-25)14-8-9-15(26)16(10-14)28-2/h3-10,18,26H,11H2,1-2H3,(H,21,22,24)/t18-/m0/s1. The summed E-state index contributed by atoms with van der Waals surface area (Å²) in [5, 5.41) is 24.7. The molecule has 2 heterocycles. The highest BCUT2D eigenvalue weighted by molar-refractivity contribution is 5.92. The molecule has 0 unspecified atom stereocenters. The number of benzene rings is 2. The van der Waals surface area contributed by atoms with E-state index in [0.29, 0.717) is 22.8 Å². The Morgan fingerprint density at radius 2 is 2.03 bits per heavy atom. The van der Waals surface area contributed by atoms with Gasteiger partial charge in [0.05, 0.1) is 12.7 Å². The van der Waals surface area contributed by atoms with Crippen LogP contribution in [0.15, 0.2) is 59.8 Å². The number of allylic oxidation sites excluding steroid dienone is 1. The molecule has 0 spiro atoms. The summed E-state index contributed by atoms with van der Waals surface area (Å²) in [5.41, 5.74) is 2.51. The van der Waals surface area contributed by atoms with E-state index >= 15 is 0 Å². The van der Waals surface area contributed by atoms with Gasteiger partial charge in [0.15, 0.2) is 11.5 Å². The van der Waals surface area contributed by atoms with Crippen molar-refractivity contribution in [2.45, 2.75) is 19.6 Å². The second kappa shape index (κ2) is 7.63. The molecule has 9 nitrogen and oxygen atoms in total. The number of anilines is 1. The number of carbonyl (C=O) groups is 1. The third-order valence-corrected chi connectivity index (χ3v) is 4.67. The zero-order chi connectivity index (χ0) is 20.4. The molecule has 4 rings (SSSR count). The van der Waals surface area contributed by atoms with E-state index in [0.717, 1.165) is 5.56 Å². The highest BCUT2D eigenvalue weighted by Crippen LogP contribution is 2.38. The van der Waals surface area contributed by atoms with Crippen LogP contribution in [0, 0.1) is 0 Å². The van der Waals surface area contributed by atoms with Crippen LogP contribution in [0.2, 0.25) is 0 Å². The number of ether oxygens (including phenoxy) is 2. The average molecular weight is 393 g/mol. The zero-order valence-corrected chi connectivity index (χ0v) is 15.9. The normalized spacial score (nSPS) is 15.4. The number of rotatable bonds is 5. The molecule has 0 saturated heterocycles. The minimum atomic E-state index is -0.640. The van der Waals surface area contributed by atoms with Gasteiger partial charge in [-0.3, -0.25) is 0 Å². The van der Waals surface area contributed by atoms with Gasteiger partial charge in [-0.15, -0.1) is 0 Å². The van der Waals surface area contributed by atoms with E-state index < -0.39 is 12.0 Å². The Kier molecular flexibility index (Phi) is 4.86. The number of aromatic hydroxyl groups is 1. The van der Waals surface area contributed by atoms with E-state index in [1.807, 2.05) is 30.3 Å². The van der Waals surface area contributed by atoms with Gasteiger partial charge in [-0.1, -0.05) is 41.5 Å². The summed E-state index contributed by atoms with van der Waals surface area (Å²) in [6.07, 6.45) is 0. The second-order valence-electron chi connectivity index (χ2n) is 6.51. The first-order valence-electron chi connectivity index (χ1n) is 8.92. The molecule has 1 aliphatic rings. The number of methoxy groups -OCH3 is 1. The monoisotopic (exact) mass is 393 g/mol. The number of esters is 1. The van der Waals surface area contributed by atoms with Crippen LogP contribution in [0.4, 0.5) is 5.95 Å². The predicted molar refractivity (Wildman–Crippen MR) is 103 cm³/mol. The fourth-order valence-corrected chi connectivity index (χ4v) is 3.25. The molecule has 0 fully saturated rings. The first-order chi connectivity index (χ1) is 14.1. The average Bonchev–Trinajstić information content (AvgIpc) is 3.20. The lowest BCUT2D eigenvalue weighted by molar-refractivity contribution is -0.140. The number of phenolic OH excluding ortho intramolecular Hbond substituents is 1. The van der Waals surface area contributed by atoms with Crippen LogP contribution < -0.4 is 10.1 Å². The molecule has 0 amide bonds. The molecule has 0 aliphatic carbocycles. The summed E-state index contributed by atoms with van der Waals surface area (Å²) >= 11 is 0. The van der Waals surface area contributed by atoms with Crippen LogP contribution in [0.25, 0.3) is 0 Å². The minimum absolute atomic E-state index is 0.00368. The first kappa shape index (κ1) is 18.5. The molecule has 2 N–H and O–H groups in total. The van der Waals surface area contributed by atoms with Crippen molar-refractivity contribution in [2.75, 3.05) is 12.4 Å². The number of hydrogen-bond acceptors (Lipinski definition) is 8. The number of hydrogen-bond donors (Lipinski definition) is 2. The van der Waals surface area contributed by atoms with Crippen molar-refractivity contribution >= 4 is 11.9 Å². The number of aromatic nitrogens is 4. The van der Waals surface area contributed by atoms with Crippen molar-refractivity contribution in [1.29, 1.82) is 0 Å². The van der Waals surface area contributed by atoms with Crippen molar-refractivity contribution in [3.8, 4) is 11.5 Å². The fraction of sp³-hybridized carbons (Fsp3) is 0.200. The molecule has 1 aromatic heterocycles. The van der Waals surface area contributed by atoms with E-state index in [1.54, 1.807) is 19.1 Å². The van der Waals surface area contributed by atoms with Crippen LogP contribution in [-0.4, -0.2) is 38.4 Å². The largest absolute Gasteiger partial charge is 0.504 e. The Morgan fingerprint density at radius 3 is 2.79 bits per heavy atom. The summed E-state index contributed by atoms with van der Waals surface area (Å²) in [4.78, 5) is 13.0. The Balaban J connectivity index is 1.71. The van der Waals surface area contributed by atoms with E-state index in [9.17, 15) is 9.90 Å². The maximum atomic E-state index is 13.0. The Labute approximate surface area is 166 Å². The number of nitrogens with zero attached hydrogens (tertiary/aromatic N) is 4. The lowest BCUT2D eigenvalue weighted by Gasteiger charge is -2.27. The molecule has 29 heavy (non-hydrogen) atoms. The maximum absolute atomic E-state index is 13.0. The molecule has 3 aromatic rings.